The molecule has 0 heterocycles. The number of amides is 1. The van der Waals surface area contributed by atoms with Gasteiger partial charge in [0.15, 0.2) is 0 Å². The first-order valence-electron chi connectivity index (χ1n) is 6.34. The van der Waals surface area contributed by atoms with Gasteiger partial charge in [-0.25, -0.2) is 0 Å². The van der Waals surface area contributed by atoms with Crippen LogP contribution in [0.3, 0.4) is 0 Å². The van der Waals surface area contributed by atoms with Gasteiger partial charge < -0.3 is 15.8 Å². The van der Waals surface area contributed by atoms with Crippen molar-refractivity contribution in [2.45, 2.75) is 13.8 Å². The van der Waals surface area contributed by atoms with Crippen LogP contribution in [0.5, 0.6) is 5.75 Å². The van der Waals surface area contributed by atoms with Crippen LogP contribution in [0.4, 0.5) is 11.4 Å². The number of carbonyl (C=O) groups is 1. The molecule has 1 amide bonds. The lowest BCUT2D eigenvalue weighted by molar-refractivity contribution is 0.102. The molecule has 104 valence electrons. The van der Waals surface area contributed by atoms with Crippen LogP contribution in [0.25, 0.3) is 0 Å². The van der Waals surface area contributed by atoms with Crippen LogP contribution in [0.15, 0.2) is 36.4 Å². The number of methoxy groups -OCH3 is 1. The van der Waals surface area contributed by atoms with Crippen LogP contribution < -0.4 is 15.8 Å². The summed E-state index contributed by atoms with van der Waals surface area (Å²) >= 11 is 0. The normalized spacial score (nSPS) is 10.2. The third-order valence-electron chi connectivity index (χ3n) is 3.32. The summed E-state index contributed by atoms with van der Waals surface area (Å²) in [6.45, 7) is 3.98. The standard InChI is InChI=1S/C16H18N2O2/c1-10-5-4-6-14(11(10)2)18-16(19)13-9-12(17)7-8-15(13)20-3/h4-9H,17H2,1-3H3,(H,18,19). The van der Waals surface area contributed by atoms with E-state index in [-0.39, 0.29) is 5.91 Å². The second kappa shape index (κ2) is 5.65. The second-order valence-electron chi connectivity index (χ2n) is 4.66. The van der Waals surface area contributed by atoms with Gasteiger partial charge in [-0.05, 0) is 49.2 Å². The number of ether oxygens (including phenoxy) is 1. The van der Waals surface area contributed by atoms with Gasteiger partial charge in [-0.2, -0.15) is 0 Å². The molecular weight excluding hydrogens is 252 g/mol. The summed E-state index contributed by atoms with van der Waals surface area (Å²) in [5.41, 5.74) is 9.64. The highest BCUT2D eigenvalue weighted by atomic mass is 16.5. The number of rotatable bonds is 3. The number of carbonyl (C=O) groups excluding carboxylic acids is 1. The largest absolute Gasteiger partial charge is 0.496 e. The van der Waals surface area contributed by atoms with Gasteiger partial charge in [0.25, 0.3) is 5.91 Å². The van der Waals surface area contributed by atoms with E-state index in [2.05, 4.69) is 5.32 Å². The van der Waals surface area contributed by atoms with Crippen molar-refractivity contribution < 1.29 is 9.53 Å². The molecule has 0 aromatic heterocycles. The average molecular weight is 270 g/mol. The summed E-state index contributed by atoms with van der Waals surface area (Å²) in [5, 5.41) is 2.89. The molecule has 2 aromatic rings. The Labute approximate surface area is 118 Å². The molecule has 2 aromatic carbocycles. The first-order valence-corrected chi connectivity index (χ1v) is 6.34. The highest BCUT2D eigenvalue weighted by Gasteiger charge is 2.14. The molecule has 0 spiro atoms. The molecule has 0 radical (unpaired) electrons. The second-order valence-corrected chi connectivity index (χ2v) is 4.66. The maximum Gasteiger partial charge on any atom is 0.259 e. The van der Waals surface area contributed by atoms with Crippen molar-refractivity contribution in [2.24, 2.45) is 0 Å². The van der Waals surface area contributed by atoms with E-state index in [0.29, 0.717) is 17.0 Å². The third kappa shape index (κ3) is 2.74. The van der Waals surface area contributed by atoms with Gasteiger partial charge in [0.2, 0.25) is 0 Å². The molecule has 2 rings (SSSR count). The fraction of sp³-hybridized carbons (Fsp3) is 0.188. The molecule has 0 bridgehead atoms. The molecule has 0 atom stereocenters. The van der Waals surface area contributed by atoms with Gasteiger partial charge in [0.1, 0.15) is 5.75 Å². The van der Waals surface area contributed by atoms with E-state index in [0.717, 1.165) is 16.8 Å². The summed E-state index contributed by atoms with van der Waals surface area (Å²) in [5.74, 6) is 0.268. The highest BCUT2D eigenvalue weighted by Crippen LogP contribution is 2.24. The number of aryl methyl sites for hydroxylation is 1. The zero-order chi connectivity index (χ0) is 14.7. The van der Waals surface area contributed by atoms with E-state index in [4.69, 9.17) is 10.5 Å². The molecule has 0 aliphatic carbocycles. The van der Waals surface area contributed by atoms with Crippen molar-refractivity contribution in [1.82, 2.24) is 0 Å². The minimum atomic E-state index is -0.233. The highest BCUT2D eigenvalue weighted by molar-refractivity contribution is 6.07. The first-order chi connectivity index (χ1) is 9.52. The minimum absolute atomic E-state index is 0.233. The van der Waals surface area contributed by atoms with E-state index in [1.165, 1.54) is 7.11 Å². The number of anilines is 2. The predicted octanol–water partition coefficient (Wildman–Crippen LogP) is 3.15. The van der Waals surface area contributed by atoms with E-state index in [1.807, 2.05) is 32.0 Å². The van der Waals surface area contributed by atoms with Crippen LogP contribution >= 0.6 is 0 Å². The Morgan fingerprint density at radius 2 is 1.95 bits per heavy atom. The predicted molar refractivity (Wildman–Crippen MR) is 81.3 cm³/mol. The lowest BCUT2D eigenvalue weighted by Crippen LogP contribution is -2.14. The van der Waals surface area contributed by atoms with E-state index in [1.54, 1.807) is 18.2 Å². The zero-order valence-electron chi connectivity index (χ0n) is 11.9. The molecule has 0 aliphatic heterocycles. The Hall–Kier alpha value is -2.49. The van der Waals surface area contributed by atoms with Gasteiger partial charge in [-0.3, -0.25) is 4.79 Å². The van der Waals surface area contributed by atoms with Gasteiger partial charge in [0.05, 0.1) is 12.7 Å². The summed E-state index contributed by atoms with van der Waals surface area (Å²) in [4.78, 5) is 12.4. The fourth-order valence-corrected chi connectivity index (χ4v) is 1.98. The van der Waals surface area contributed by atoms with Crippen molar-refractivity contribution in [1.29, 1.82) is 0 Å². The third-order valence-corrected chi connectivity index (χ3v) is 3.32. The number of hydrogen-bond acceptors (Lipinski definition) is 3. The monoisotopic (exact) mass is 270 g/mol. The molecule has 0 unspecified atom stereocenters. The number of nitrogens with one attached hydrogen (secondary N) is 1. The quantitative estimate of drug-likeness (QED) is 0.842. The number of hydrogen-bond donors (Lipinski definition) is 2. The summed E-state index contributed by atoms with van der Waals surface area (Å²) in [6.07, 6.45) is 0. The van der Waals surface area contributed by atoms with Crippen LogP contribution in [0.2, 0.25) is 0 Å². The maximum absolute atomic E-state index is 12.4. The molecule has 4 heteroatoms. The molecular formula is C16H18N2O2. The van der Waals surface area contributed by atoms with Crippen molar-refractivity contribution in [3.63, 3.8) is 0 Å². The van der Waals surface area contributed by atoms with Crippen molar-refractivity contribution in [3.8, 4) is 5.75 Å². The lowest BCUT2D eigenvalue weighted by atomic mass is 10.1. The van der Waals surface area contributed by atoms with Gasteiger partial charge in [-0.1, -0.05) is 12.1 Å². The smallest absolute Gasteiger partial charge is 0.259 e. The molecule has 3 N–H and O–H groups in total. The number of nitrogen functional groups attached to an aromatic ring is 1. The Balaban J connectivity index is 2.33. The SMILES string of the molecule is COc1ccc(N)cc1C(=O)Nc1cccc(C)c1C. The van der Waals surface area contributed by atoms with Gasteiger partial charge in [0, 0.05) is 11.4 Å². The Morgan fingerprint density at radius 3 is 2.65 bits per heavy atom. The van der Waals surface area contributed by atoms with Crippen molar-refractivity contribution in [2.75, 3.05) is 18.2 Å². The maximum atomic E-state index is 12.4. The average Bonchev–Trinajstić information content (AvgIpc) is 2.43. The number of nitrogens with two attached hydrogens (primary N) is 1. The number of benzene rings is 2. The van der Waals surface area contributed by atoms with Gasteiger partial charge in [-0.15, -0.1) is 0 Å². The summed E-state index contributed by atoms with van der Waals surface area (Å²) in [7, 11) is 1.53. The molecule has 0 fully saturated rings. The van der Waals surface area contributed by atoms with Gasteiger partial charge >= 0.3 is 0 Å². The minimum Gasteiger partial charge on any atom is -0.496 e. The van der Waals surface area contributed by atoms with Crippen molar-refractivity contribution in [3.05, 3.63) is 53.1 Å². The van der Waals surface area contributed by atoms with E-state index < -0.39 is 0 Å². The molecule has 4 nitrogen and oxygen atoms in total. The first kappa shape index (κ1) is 13.9. The lowest BCUT2D eigenvalue weighted by Gasteiger charge is -2.12. The summed E-state index contributed by atoms with van der Waals surface area (Å²) < 4.78 is 5.20. The Kier molecular flexibility index (Phi) is 3.94. The Morgan fingerprint density at radius 1 is 1.20 bits per heavy atom. The van der Waals surface area contributed by atoms with E-state index >= 15 is 0 Å². The molecule has 0 saturated heterocycles. The van der Waals surface area contributed by atoms with Crippen LogP contribution in [0, 0.1) is 13.8 Å². The molecule has 20 heavy (non-hydrogen) atoms. The van der Waals surface area contributed by atoms with Crippen LogP contribution in [-0.4, -0.2) is 13.0 Å². The zero-order valence-corrected chi connectivity index (χ0v) is 11.9. The van der Waals surface area contributed by atoms with Crippen LogP contribution in [-0.2, 0) is 0 Å². The molecule has 0 aliphatic rings. The molecule has 0 saturated carbocycles. The topological polar surface area (TPSA) is 64.3 Å². The fourth-order valence-electron chi connectivity index (χ4n) is 1.98. The van der Waals surface area contributed by atoms with E-state index in [9.17, 15) is 4.79 Å². The summed E-state index contributed by atoms with van der Waals surface area (Å²) in [6, 6.07) is 10.8. The van der Waals surface area contributed by atoms with Crippen LogP contribution in [0.1, 0.15) is 21.5 Å². The van der Waals surface area contributed by atoms with Crippen molar-refractivity contribution >= 4 is 17.3 Å². The Bertz CT molecular complexity index is 651.